The molecule has 0 saturated carbocycles. The molecule has 0 fully saturated rings. The van der Waals surface area contributed by atoms with Gasteiger partial charge in [-0.05, 0) is 42.5 Å². The molecular formula is C18H17ClN4O5S. The smallest absolute Gasteiger partial charge is 0.279 e. The van der Waals surface area contributed by atoms with E-state index in [1.54, 1.807) is 24.3 Å². The van der Waals surface area contributed by atoms with Crippen LogP contribution in [-0.2, 0) is 10.0 Å². The molecule has 1 amide bonds. The maximum absolute atomic E-state index is 12.7. The molecule has 0 spiro atoms. The number of aromatic amines is 1. The zero-order chi connectivity index (χ0) is 21.0. The first-order chi connectivity index (χ1) is 13.8. The summed E-state index contributed by atoms with van der Waals surface area (Å²) in [5, 5.41) is 8.56. The third kappa shape index (κ3) is 4.61. The molecule has 152 valence electrons. The van der Waals surface area contributed by atoms with Gasteiger partial charge >= 0.3 is 0 Å². The summed E-state index contributed by atoms with van der Waals surface area (Å²) in [5.74, 6) is 0.350. The maximum Gasteiger partial charge on any atom is 0.279 e. The fourth-order valence-corrected chi connectivity index (χ4v) is 3.86. The third-order valence-electron chi connectivity index (χ3n) is 3.87. The SMILES string of the molecule is COc1ccc(NS(=O)(=O)c2[nH]ncc2C(=O)Nc2ccc(OC)c(Cl)c2)cc1. The van der Waals surface area contributed by atoms with Gasteiger partial charge in [0.05, 0.1) is 31.0 Å². The minimum atomic E-state index is -4.09. The molecule has 0 atom stereocenters. The highest BCUT2D eigenvalue weighted by atomic mass is 35.5. The predicted octanol–water partition coefficient (Wildman–Crippen LogP) is 3.13. The van der Waals surface area contributed by atoms with Crippen molar-refractivity contribution in [3.63, 3.8) is 0 Å². The summed E-state index contributed by atoms with van der Waals surface area (Å²) in [6.45, 7) is 0. The van der Waals surface area contributed by atoms with Gasteiger partial charge in [0.2, 0.25) is 0 Å². The lowest BCUT2D eigenvalue weighted by Gasteiger charge is -2.10. The number of halogens is 1. The van der Waals surface area contributed by atoms with E-state index in [1.807, 2.05) is 0 Å². The van der Waals surface area contributed by atoms with Crippen molar-refractivity contribution in [3.8, 4) is 11.5 Å². The van der Waals surface area contributed by atoms with Gasteiger partial charge in [-0.25, -0.2) is 0 Å². The Hall–Kier alpha value is -3.24. The van der Waals surface area contributed by atoms with Gasteiger partial charge in [-0.3, -0.25) is 14.6 Å². The Morgan fingerprint density at radius 1 is 1.07 bits per heavy atom. The highest BCUT2D eigenvalue weighted by molar-refractivity contribution is 7.92. The van der Waals surface area contributed by atoms with Crippen molar-refractivity contribution in [2.45, 2.75) is 5.03 Å². The molecule has 3 rings (SSSR count). The number of nitrogens with one attached hydrogen (secondary N) is 3. The van der Waals surface area contributed by atoms with Crippen LogP contribution >= 0.6 is 11.6 Å². The molecule has 29 heavy (non-hydrogen) atoms. The zero-order valence-corrected chi connectivity index (χ0v) is 17.0. The van der Waals surface area contributed by atoms with Crippen LogP contribution in [0.5, 0.6) is 11.5 Å². The van der Waals surface area contributed by atoms with E-state index in [1.165, 1.54) is 32.4 Å². The van der Waals surface area contributed by atoms with Crippen LogP contribution in [0.25, 0.3) is 0 Å². The van der Waals surface area contributed by atoms with Gasteiger partial charge in [-0.15, -0.1) is 0 Å². The number of benzene rings is 2. The fraction of sp³-hybridized carbons (Fsp3) is 0.111. The minimum absolute atomic E-state index is 0.155. The molecule has 1 heterocycles. The first-order valence-electron chi connectivity index (χ1n) is 8.19. The monoisotopic (exact) mass is 436 g/mol. The molecule has 0 aliphatic carbocycles. The second-order valence-corrected chi connectivity index (χ2v) is 7.78. The fourth-order valence-electron chi connectivity index (χ4n) is 2.45. The number of methoxy groups -OCH3 is 2. The number of hydrogen-bond acceptors (Lipinski definition) is 6. The van der Waals surface area contributed by atoms with Gasteiger partial charge in [0, 0.05) is 11.4 Å². The van der Waals surface area contributed by atoms with Crippen molar-refractivity contribution in [1.29, 1.82) is 0 Å². The van der Waals surface area contributed by atoms with Crippen LogP contribution in [0.15, 0.2) is 53.7 Å². The summed E-state index contributed by atoms with van der Waals surface area (Å²) in [4.78, 5) is 12.6. The Bertz CT molecular complexity index is 1130. The van der Waals surface area contributed by atoms with Crippen molar-refractivity contribution >= 4 is 38.9 Å². The molecule has 0 aliphatic heterocycles. The third-order valence-corrected chi connectivity index (χ3v) is 5.52. The number of anilines is 2. The Kier molecular flexibility index (Phi) is 5.95. The number of carbonyl (C=O) groups excluding carboxylic acids is 1. The number of ether oxygens (including phenoxy) is 2. The van der Waals surface area contributed by atoms with E-state index < -0.39 is 15.9 Å². The molecule has 2 aromatic carbocycles. The highest BCUT2D eigenvalue weighted by Gasteiger charge is 2.25. The zero-order valence-electron chi connectivity index (χ0n) is 15.4. The van der Waals surface area contributed by atoms with Gasteiger partial charge in [-0.2, -0.15) is 13.5 Å². The van der Waals surface area contributed by atoms with Gasteiger partial charge in [0.25, 0.3) is 15.9 Å². The lowest BCUT2D eigenvalue weighted by molar-refractivity contribution is 0.102. The predicted molar refractivity (Wildman–Crippen MR) is 108 cm³/mol. The van der Waals surface area contributed by atoms with Gasteiger partial charge in [0.15, 0.2) is 5.03 Å². The standard InChI is InChI=1S/C18H17ClN4O5S/c1-27-13-6-3-11(4-7-13)23-29(25,26)18-14(10-20-22-18)17(24)21-12-5-8-16(28-2)15(19)9-12/h3-10,23H,1-2H3,(H,20,22)(H,21,24). The lowest BCUT2D eigenvalue weighted by Crippen LogP contribution is -2.19. The first-order valence-corrected chi connectivity index (χ1v) is 10.1. The Balaban J connectivity index is 1.81. The number of H-pyrrole nitrogens is 1. The number of hydrogen-bond donors (Lipinski definition) is 3. The average molecular weight is 437 g/mol. The van der Waals surface area contributed by atoms with Crippen LogP contribution < -0.4 is 19.5 Å². The number of aromatic nitrogens is 2. The number of carbonyl (C=O) groups is 1. The van der Waals surface area contributed by atoms with Gasteiger partial charge in [0.1, 0.15) is 11.5 Å². The van der Waals surface area contributed by atoms with Gasteiger partial charge < -0.3 is 14.8 Å². The van der Waals surface area contributed by atoms with Crippen LogP contribution in [0, 0.1) is 0 Å². The summed E-state index contributed by atoms with van der Waals surface area (Å²) in [6, 6.07) is 10.9. The summed E-state index contributed by atoms with van der Waals surface area (Å²) < 4.78 is 37.9. The topological polar surface area (TPSA) is 122 Å². The van der Waals surface area contributed by atoms with Crippen molar-refractivity contribution in [2.75, 3.05) is 24.3 Å². The average Bonchev–Trinajstić information content (AvgIpc) is 3.20. The second-order valence-electron chi connectivity index (χ2n) is 5.75. The van der Waals surface area contributed by atoms with E-state index in [-0.39, 0.29) is 10.6 Å². The van der Waals surface area contributed by atoms with E-state index in [2.05, 4.69) is 20.2 Å². The van der Waals surface area contributed by atoms with Gasteiger partial charge in [-0.1, -0.05) is 11.6 Å². The van der Waals surface area contributed by atoms with E-state index in [0.717, 1.165) is 6.20 Å². The Morgan fingerprint density at radius 2 is 1.76 bits per heavy atom. The number of amides is 1. The van der Waals surface area contributed by atoms with Crippen molar-refractivity contribution in [3.05, 3.63) is 59.2 Å². The highest BCUT2D eigenvalue weighted by Crippen LogP contribution is 2.28. The molecule has 0 unspecified atom stereocenters. The van der Waals surface area contributed by atoms with E-state index in [0.29, 0.717) is 27.9 Å². The van der Waals surface area contributed by atoms with Crippen LogP contribution in [0.1, 0.15) is 10.4 Å². The molecule has 0 radical (unpaired) electrons. The normalized spacial score (nSPS) is 11.0. The molecule has 3 N–H and O–H groups in total. The number of sulfonamides is 1. The Labute approximate surface area is 172 Å². The summed E-state index contributed by atoms with van der Waals surface area (Å²) in [6.07, 6.45) is 1.13. The van der Waals surface area contributed by atoms with Crippen LogP contribution in [0.2, 0.25) is 5.02 Å². The van der Waals surface area contributed by atoms with E-state index >= 15 is 0 Å². The van der Waals surface area contributed by atoms with Crippen LogP contribution in [0.4, 0.5) is 11.4 Å². The molecule has 0 aliphatic rings. The maximum atomic E-state index is 12.7. The van der Waals surface area contributed by atoms with Crippen molar-refractivity contribution in [2.24, 2.45) is 0 Å². The number of rotatable bonds is 7. The largest absolute Gasteiger partial charge is 0.497 e. The summed E-state index contributed by atoms with van der Waals surface area (Å²) >= 11 is 6.04. The molecule has 0 bridgehead atoms. The van der Waals surface area contributed by atoms with Crippen molar-refractivity contribution in [1.82, 2.24) is 10.2 Å². The van der Waals surface area contributed by atoms with E-state index in [4.69, 9.17) is 21.1 Å². The minimum Gasteiger partial charge on any atom is -0.497 e. The quantitative estimate of drug-likeness (QED) is 0.523. The van der Waals surface area contributed by atoms with E-state index in [9.17, 15) is 13.2 Å². The van der Waals surface area contributed by atoms with Crippen molar-refractivity contribution < 1.29 is 22.7 Å². The van der Waals surface area contributed by atoms with Crippen LogP contribution in [-0.4, -0.2) is 38.7 Å². The van der Waals surface area contributed by atoms with Crippen LogP contribution in [0.3, 0.4) is 0 Å². The first kappa shape index (κ1) is 20.5. The Morgan fingerprint density at radius 3 is 2.38 bits per heavy atom. The summed E-state index contributed by atoms with van der Waals surface area (Å²) in [7, 11) is -1.12. The molecule has 11 heteroatoms. The number of nitrogens with zero attached hydrogens (tertiary/aromatic N) is 1. The molecule has 3 aromatic rings. The lowest BCUT2D eigenvalue weighted by atomic mass is 10.2. The molecule has 9 nitrogen and oxygen atoms in total. The second kappa shape index (κ2) is 8.41. The molecule has 1 aromatic heterocycles. The molecular weight excluding hydrogens is 420 g/mol. The summed E-state index contributed by atoms with van der Waals surface area (Å²) in [5.41, 5.74) is 0.514. The molecule has 0 saturated heterocycles.